The summed E-state index contributed by atoms with van der Waals surface area (Å²) in [5.74, 6) is 0.881. The predicted molar refractivity (Wildman–Crippen MR) is 111 cm³/mol. The van der Waals surface area contributed by atoms with Crippen molar-refractivity contribution in [3.05, 3.63) is 89.5 Å². The molecule has 0 atom stereocenters. The summed E-state index contributed by atoms with van der Waals surface area (Å²) in [6.07, 6.45) is 6.99. The van der Waals surface area contributed by atoms with Crippen LogP contribution in [0.4, 0.5) is 0 Å². The van der Waals surface area contributed by atoms with Crippen molar-refractivity contribution < 1.29 is 4.74 Å². The van der Waals surface area contributed by atoms with E-state index in [9.17, 15) is 0 Å². The lowest BCUT2D eigenvalue weighted by molar-refractivity contribution is 0.415. The van der Waals surface area contributed by atoms with Crippen molar-refractivity contribution in [2.45, 2.75) is 13.3 Å². The molecule has 0 radical (unpaired) electrons. The highest BCUT2D eigenvalue weighted by Crippen LogP contribution is 2.41. The van der Waals surface area contributed by atoms with Gasteiger partial charge in [-0.1, -0.05) is 79.4 Å². The molecule has 0 saturated carbocycles. The Labute approximate surface area is 155 Å². The van der Waals surface area contributed by atoms with Gasteiger partial charge in [-0.15, -0.1) is 0 Å². The molecule has 0 saturated heterocycles. The minimum absolute atomic E-state index is 0.881. The van der Waals surface area contributed by atoms with Crippen LogP contribution in [-0.2, 0) is 6.42 Å². The second kappa shape index (κ2) is 6.68. The molecule has 0 bridgehead atoms. The van der Waals surface area contributed by atoms with Gasteiger partial charge in [0.25, 0.3) is 0 Å². The van der Waals surface area contributed by atoms with Gasteiger partial charge in [0.15, 0.2) is 0 Å². The fourth-order valence-corrected chi connectivity index (χ4v) is 3.91. The molecular formula is C25H22O. The smallest absolute Gasteiger partial charge is 0.134 e. The fraction of sp³-hybridized carbons (Fsp3) is 0.120. The van der Waals surface area contributed by atoms with Gasteiger partial charge in [-0.3, -0.25) is 0 Å². The van der Waals surface area contributed by atoms with Crippen LogP contribution in [0, 0.1) is 0 Å². The van der Waals surface area contributed by atoms with Crippen LogP contribution in [0.2, 0.25) is 0 Å². The van der Waals surface area contributed by atoms with Crippen LogP contribution in [0.15, 0.2) is 67.3 Å². The van der Waals surface area contributed by atoms with Gasteiger partial charge in [0.05, 0.1) is 7.11 Å². The third-order valence-electron chi connectivity index (χ3n) is 5.09. The van der Waals surface area contributed by atoms with Crippen LogP contribution in [0.25, 0.3) is 34.4 Å². The number of hydrogen-bond acceptors (Lipinski definition) is 1. The van der Waals surface area contributed by atoms with Gasteiger partial charge >= 0.3 is 0 Å². The summed E-state index contributed by atoms with van der Waals surface area (Å²) >= 11 is 0. The molecule has 0 aliphatic heterocycles. The van der Waals surface area contributed by atoms with Crippen LogP contribution in [0.1, 0.15) is 29.2 Å². The second-order valence-corrected chi connectivity index (χ2v) is 6.56. The van der Waals surface area contributed by atoms with Crippen LogP contribution in [0.3, 0.4) is 0 Å². The Bertz CT molecular complexity index is 1020. The van der Waals surface area contributed by atoms with E-state index in [0.29, 0.717) is 0 Å². The Kier molecular flexibility index (Phi) is 4.22. The van der Waals surface area contributed by atoms with Gasteiger partial charge in [-0.25, -0.2) is 0 Å². The lowest BCUT2D eigenvalue weighted by atomic mass is 9.94. The van der Waals surface area contributed by atoms with Crippen molar-refractivity contribution in [1.29, 1.82) is 0 Å². The van der Waals surface area contributed by atoms with E-state index in [1.165, 1.54) is 27.8 Å². The van der Waals surface area contributed by atoms with Crippen molar-refractivity contribution in [3.63, 3.8) is 0 Å². The van der Waals surface area contributed by atoms with Gasteiger partial charge in [-0.2, -0.15) is 0 Å². The molecule has 1 heteroatoms. The molecule has 0 N–H and O–H groups in total. The molecule has 128 valence electrons. The normalized spacial score (nSPS) is 12.1. The maximum absolute atomic E-state index is 5.78. The molecule has 0 amide bonds. The van der Waals surface area contributed by atoms with Gasteiger partial charge in [0.1, 0.15) is 5.75 Å². The summed E-state index contributed by atoms with van der Waals surface area (Å²) in [5.41, 5.74) is 9.93. The molecule has 3 aromatic rings. The van der Waals surface area contributed by atoms with E-state index in [2.05, 4.69) is 67.3 Å². The van der Waals surface area contributed by atoms with E-state index < -0.39 is 0 Å². The van der Waals surface area contributed by atoms with E-state index in [-0.39, 0.29) is 0 Å². The summed E-state index contributed by atoms with van der Waals surface area (Å²) in [6, 6.07) is 19.7. The first-order valence-electron chi connectivity index (χ1n) is 8.94. The molecule has 0 aromatic heterocycles. The fourth-order valence-electron chi connectivity index (χ4n) is 3.91. The molecule has 0 heterocycles. The zero-order chi connectivity index (χ0) is 18.1. The summed E-state index contributed by atoms with van der Waals surface area (Å²) in [7, 11) is 1.73. The monoisotopic (exact) mass is 338 g/mol. The summed E-state index contributed by atoms with van der Waals surface area (Å²) in [5, 5.41) is 0. The van der Waals surface area contributed by atoms with Crippen molar-refractivity contribution in [2.24, 2.45) is 0 Å². The molecule has 1 nitrogen and oxygen atoms in total. The van der Waals surface area contributed by atoms with Crippen LogP contribution in [0.5, 0.6) is 5.75 Å². The quantitative estimate of drug-likeness (QED) is 0.407. The number of fused-ring (bicyclic) bond motifs is 3. The SMILES string of the molecule is C=Cc1c(/C=C\C)ccc(-c2ccc3c(c2)Cc2ccccc2-3)c1OC. The summed E-state index contributed by atoms with van der Waals surface area (Å²) in [4.78, 5) is 0. The van der Waals surface area contributed by atoms with E-state index in [0.717, 1.165) is 28.9 Å². The highest BCUT2D eigenvalue weighted by Gasteiger charge is 2.19. The zero-order valence-corrected chi connectivity index (χ0v) is 15.3. The topological polar surface area (TPSA) is 9.23 Å². The van der Waals surface area contributed by atoms with Gasteiger partial charge < -0.3 is 4.74 Å². The highest BCUT2D eigenvalue weighted by molar-refractivity contribution is 5.84. The second-order valence-electron chi connectivity index (χ2n) is 6.56. The average Bonchev–Trinajstić information content (AvgIpc) is 3.05. The van der Waals surface area contributed by atoms with E-state index in [4.69, 9.17) is 4.74 Å². The average molecular weight is 338 g/mol. The van der Waals surface area contributed by atoms with Crippen LogP contribution in [-0.4, -0.2) is 7.11 Å². The minimum atomic E-state index is 0.881. The predicted octanol–water partition coefficient (Wildman–Crippen LogP) is 6.61. The number of methoxy groups -OCH3 is 1. The first-order valence-corrected chi connectivity index (χ1v) is 8.94. The van der Waals surface area contributed by atoms with Crippen LogP contribution >= 0.6 is 0 Å². The minimum Gasteiger partial charge on any atom is -0.495 e. The number of rotatable bonds is 4. The van der Waals surface area contributed by atoms with Crippen molar-refractivity contribution in [3.8, 4) is 28.0 Å². The molecule has 0 unspecified atom stereocenters. The molecule has 4 rings (SSSR count). The Hall–Kier alpha value is -3.06. The van der Waals surface area contributed by atoms with Gasteiger partial charge in [-0.05, 0) is 46.7 Å². The Morgan fingerprint density at radius 3 is 2.46 bits per heavy atom. The van der Waals surface area contributed by atoms with Gasteiger partial charge in [0, 0.05) is 11.1 Å². The molecular weight excluding hydrogens is 316 g/mol. The number of benzene rings is 3. The Morgan fingerprint density at radius 2 is 1.69 bits per heavy atom. The Balaban J connectivity index is 1.85. The summed E-state index contributed by atoms with van der Waals surface area (Å²) in [6.45, 7) is 6.01. The van der Waals surface area contributed by atoms with E-state index in [1.54, 1.807) is 7.11 Å². The van der Waals surface area contributed by atoms with Crippen molar-refractivity contribution in [1.82, 2.24) is 0 Å². The molecule has 26 heavy (non-hydrogen) atoms. The van der Waals surface area contributed by atoms with Gasteiger partial charge in [0.2, 0.25) is 0 Å². The third kappa shape index (κ3) is 2.57. The van der Waals surface area contributed by atoms with Crippen LogP contribution < -0.4 is 4.74 Å². The highest BCUT2D eigenvalue weighted by atomic mass is 16.5. The molecule has 0 fully saturated rings. The van der Waals surface area contributed by atoms with E-state index >= 15 is 0 Å². The van der Waals surface area contributed by atoms with Crippen molar-refractivity contribution in [2.75, 3.05) is 7.11 Å². The Morgan fingerprint density at radius 1 is 0.923 bits per heavy atom. The number of allylic oxidation sites excluding steroid dienone is 1. The lowest BCUT2D eigenvalue weighted by Crippen LogP contribution is -1.94. The maximum atomic E-state index is 5.78. The number of ether oxygens (including phenoxy) is 1. The van der Waals surface area contributed by atoms with Crippen molar-refractivity contribution >= 4 is 12.2 Å². The summed E-state index contributed by atoms with van der Waals surface area (Å²) < 4.78 is 5.78. The first kappa shape index (κ1) is 16.4. The largest absolute Gasteiger partial charge is 0.495 e. The molecule has 0 spiro atoms. The molecule has 3 aromatic carbocycles. The van der Waals surface area contributed by atoms with E-state index in [1.807, 2.05) is 19.1 Å². The third-order valence-corrected chi connectivity index (χ3v) is 5.09. The standard InChI is InChI=1S/C25H22O/c1-4-8-17-11-14-24(25(26-3)21(17)5-2)19-12-13-23-20(16-19)15-18-9-6-7-10-22(18)23/h4-14,16H,2,15H2,1,3H3/b8-4-. The number of hydrogen-bond donors (Lipinski definition) is 0. The zero-order valence-electron chi connectivity index (χ0n) is 15.3. The lowest BCUT2D eigenvalue weighted by Gasteiger charge is -2.15. The molecule has 1 aliphatic rings. The first-order chi connectivity index (χ1) is 12.8. The maximum Gasteiger partial charge on any atom is 0.134 e. The molecule has 1 aliphatic carbocycles.